The Labute approximate surface area is 147 Å². The lowest BCUT2D eigenvalue weighted by Gasteiger charge is -2.24. The maximum atomic E-state index is 13.3. The monoisotopic (exact) mass is 345 g/mol. The highest BCUT2D eigenvalue weighted by atomic mass is 19.1. The molecular weight excluding hydrogens is 321 g/mol. The van der Waals surface area contributed by atoms with Gasteiger partial charge < -0.3 is 9.47 Å². The van der Waals surface area contributed by atoms with Gasteiger partial charge in [-0.25, -0.2) is 14.1 Å². The molecule has 5 nitrogen and oxygen atoms in total. The smallest absolute Gasteiger partial charge is 0.188 e. The van der Waals surface area contributed by atoms with Crippen LogP contribution in [-0.2, 0) is 11.3 Å². The Balaban J connectivity index is 1.53. The van der Waals surface area contributed by atoms with Crippen molar-refractivity contribution in [2.45, 2.75) is 57.1 Å². The summed E-state index contributed by atoms with van der Waals surface area (Å²) in [6, 6.07) is 6.59. The number of benzene rings is 1. The summed E-state index contributed by atoms with van der Waals surface area (Å²) in [4.78, 5) is 4.76. The van der Waals surface area contributed by atoms with Gasteiger partial charge in [-0.1, -0.05) is 25.3 Å². The molecule has 25 heavy (non-hydrogen) atoms. The highest BCUT2D eigenvalue weighted by molar-refractivity contribution is 5.22. The van der Waals surface area contributed by atoms with Crippen LogP contribution < -0.4 is 4.74 Å². The van der Waals surface area contributed by atoms with E-state index in [2.05, 4.69) is 4.68 Å². The van der Waals surface area contributed by atoms with Crippen molar-refractivity contribution in [2.75, 3.05) is 13.2 Å². The van der Waals surface area contributed by atoms with Crippen LogP contribution in [0.5, 0.6) is 5.75 Å². The van der Waals surface area contributed by atoms with Gasteiger partial charge in [-0.2, -0.15) is 5.10 Å². The number of ether oxygens (including phenoxy) is 2. The molecule has 6 heteroatoms. The summed E-state index contributed by atoms with van der Waals surface area (Å²) in [6.45, 7) is 1.76. The number of halogens is 1. The second kappa shape index (κ2) is 7.52. The van der Waals surface area contributed by atoms with E-state index in [-0.39, 0.29) is 12.4 Å². The molecule has 4 rings (SSSR count). The van der Waals surface area contributed by atoms with E-state index in [1.807, 2.05) is 0 Å². The lowest BCUT2D eigenvalue weighted by Crippen LogP contribution is -2.19. The van der Waals surface area contributed by atoms with Crippen molar-refractivity contribution >= 4 is 0 Å². The first-order chi connectivity index (χ1) is 12.3. The molecule has 0 spiro atoms. The minimum absolute atomic E-state index is 0.254. The zero-order valence-electron chi connectivity index (χ0n) is 14.4. The van der Waals surface area contributed by atoms with Crippen LogP contribution >= 0.6 is 0 Å². The number of aromatic nitrogens is 3. The first kappa shape index (κ1) is 16.5. The van der Waals surface area contributed by atoms with E-state index in [0.717, 1.165) is 38.3 Å². The Morgan fingerprint density at radius 3 is 2.84 bits per heavy atom. The summed E-state index contributed by atoms with van der Waals surface area (Å²) in [7, 11) is 0. The van der Waals surface area contributed by atoms with Gasteiger partial charge in [-0.3, -0.25) is 0 Å². The molecule has 1 aromatic heterocycles. The molecule has 0 N–H and O–H groups in total. The van der Waals surface area contributed by atoms with Gasteiger partial charge in [0.05, 0.1) is 12.6 Å². The molecule has 0 bridgehead atoms. The topological polar surface area (TPSA) is 49.2 Å². The first-order valence-electron chi connectivity index (χ1n) is 9.21. The maximum absolute atomic E-state index is 13.3. The average molecular weight is 345 g/mol. The predicted octanol–water partition coefficient (Wildman–Crippen LogP) is 4.01. The predicted molar refractivity (Wildman–Crippen MR) is 91.1 cm³/mol. The molecule has 1 aromatic carbocycles. The van der Waals surface area contributed by atoms with E-state index in [4.69, 9.17) is 19.6 Å². The van der Waals surface area contributed by atoms with Crippen molar-refractivity contribution in [2.24, 2.45) is 0 Å². The van der Waals surface area contributed by atoms with Crippen molar-refractivity contribution < 1.29 is 13.9 Å². The summed E-state index contributed by atoms with van der Waals surface area (Å²) in [6.07, 6.45) is 7.13. The molecule has 0 radical (unpaired) electrons. The molecule has 2 fully saturated rings. The van der Waals surface area contributed by atoms with Crippen molar-refractivity contribution in [1.82, 2.24) is 14.8 Å². The SMILES string of the molecule is Fc1cccc(OCc2nc([C@@H]3CCOC3)n(C3CCCCC3)n2)c1. The molecule has 0 unspecified atom stereocenters. The average Bonchev–Trinajstić information content (AvgIpc) is 3.30. The molecule has 134 valence electrons. The fourth-order valence-corrected chi connectivity index (χ4v) is 3.76. The Bertz CT molecular complexity index is 706. The van der Waals surface area contributed by atoms with Gasteiger partial charge in [-0.15, -0.1) is 0 Å². The Hall–Kier alpha value is -1.95. The Kier molecular flexibility index (Phi) is 4.97. The van der Waals surface area contributed by atoms with Gasteiger partial charge in [0.1, 0.15) is 24.0 Å². The van der Waals surface area contributed by atoms with E-state index in [0.29, 0.717) is 23.5 Å². The lowest BCUT2D eigenvalue weighted by molar-refractivity contribution is 0.191. The van der Waals surface area contributed by atoms with Crippen LogP contribution in [0.15, 0.2) is 24.3 Å². The normalized spacial score (nSPS) is 21.6. The highest BCUT2D eigenvalue weighted by Crippen LogP contribution is 2.32. The van der Waals surface area contributed by atoms with Crippen LogP contribution in [0.4, 0.5) is 4.39 Å². The number of rotatable bonds is 5. The van der Waals surface area contributed by atoms with Gasteiger partial charge >= 0.3 is 0 Å². The first-order valence-corrected chi connectivity index (χ1v) is 9.21. The number of hydrogen-bond donors (Lipinski definition) is 0. The van der Waals surface area contributed by atoms with Crippen LogP contribution in [0.3, 0.4) is 0 Å². The molecule has 2 aliphatic rings. The third-order valence-corrected chi connectivity index (χ3v) is 5.08. The molecule has 2 aromatic rings. The number of hydrogen-bond acceptors (Lipinski definition) is 4. The highest BCUT2D eigenvalue weighted by Gasteiger charge is 2.28. The van der Waals surface area contributed by atoms with E-state index < -0.39 is 0 Å². The van der Waals surface area contributed by atoms with E-state index in [1.165, 1.54) is 31.4 Å². The van der Waals surface area contributed by atoms with E-state index in [1.54, 1.807) is 12.1 Å². The summed E-state index contributed by atoms with van der Waals surface area (Å²) >= 11 is 0. The van der Waals surface area contributed by atoms with Crippen LogP contribution in [0.2, 0.25) is 0 Å². The minimum atomic E-state index is -0.304. The molecule has 1 saturated carbocycles. The minimum Gasteiger partial charge on any atom is -0.485 e. The zero-order chi connectivity index (χ0) is 17.1. The molecule has 1 aliphatic heterocycles. The standard InChI is InChI=1S/C19H24FN3O2/c20-15-5-4-8-17(11-15)25-13-18-21-19(14-9-10-24-12-14)23(22-18)16-6-2-1-3-7-16/h4-5,8,11,14,16H,1-3,6-7,9-10,12-13H2/t14-/m1/s1. The van der Waals surface area contributed by atoms with Gasteiger partial charge in [0, 0.05) is 18.6 Å². The van der Waals surface area contributed by atoms with Crippen LogP contribution in [0.1, 0.15) is 62.1 Å². The van der Waals surface area contributed by atoms with Crippen molar-refractivity contribution in [3.63, 3.8) is 0 Å². The van der Waals surface area contributed by atoms with Crippen LogP contribution in [-0.4, -0.2) is 28.0 Å². The largest absolute Gasteiger partial charge is 0.485 e. The second-order valence-corrected chi connectivity index (χ2v) is 6.93. The molecule has 1 atom stereocenters. The zero-order valence-corrected chi connectivity index (χ0v) is 14.4. The third-order valence-electron chi connectivity index (χ3n) is 5.08. The summed E-state index contributed by atoms with van der Waals surface area (Å²) in [5, 5.41) is 4.75. The fraction of sp³-hybridized carbons (Fsp3) is 0.579. The van der Waals surface area contributed by atoms with Crippen molar-refractivity contribution in [1.29, 1.82) is 0 Å². The number of nitrogens with zero attached hydrogens (tertiary/aromatic N) is 3. The Morgan fingerprint density at radius 1 is 1.20 bits per heavy atom. The van der Waals surface area contributed by atoms with Crippen LogP contribution in [0.25, 0.3) is 0 Å². The Morgan fingerprint density at radius 2 is 2.08 bits per heavy atom. The molecule has 1 aliphatic carbocycles. The van der Waals surface area contributed by atoms with Crippen molar-refractivity contribution in [3.05, 3.63) is 41.7 Å². The molecule has 0 amide bonds. The summed E-state index contributed by atoms with van der Waals surface area (Å²) in [5.74, 6) is 2.21. The molecular formula is C19H24FN3O2. The van der Waals surface area contributed by atoms with Crippen LogP contribution in [0, 0.1) is 5.82 Å². The second-order valence-electron chi connectivity index (χ2n) is 6.93. The quantitative estimate of drug-likeness (QED) is 0.822. The summed E-state index contributed by atoms with van der Waals surface area (Å²) < 4.78 is 26.6. The summed E-state index contributed by atoms with van der Waals surface area (Å²) in [5.41, 5.74) is 0. The van der Waals surface area contributed by atoms with Crippen molar-refractivity contribution in [3.8, 4) is 5.75 Å². The fourth-order valence-electron chi connectivity index (χ4n) is 3.76. The van der Waals surface area contributed by atoms with E-state index in [9.17, 15) is 4.39 Å². The maximum Gasteiger partial charge on any atom is 0.188 e. The lowest BCUT2D eigenvalue weighted by atomic mass is 9.95. The van der Waals surface area contributed by atoms with Gasteiger partial charge in [0.15, 0.2) is 5.82 Å². The molecule has 2 heterocycles. The van der Waals surface area contributed by atoms with E-state index >= 15 is 0 Å². The van der Waals surface area contributed by atoms with Gasteiger partial charge in [0.25, 0.3) is 0 Å². The van der Waals surface area contributed by atoms with Gasteiger partial charge in [0.2, 0.25) is 0 Å². The molecule has 1 saturated heterocycles. The van der Waals surface area contributed by atoms with Gasteiger partial charge in [-0.05, 0) is 31.4 Å². The third kappa shape index (κ3) is 3.84.